The molecule has 39 heavy (non-hydrogen) atoms. The average Bonchev–Trinajstić information content (AvgIpc) is 2.90. The number of benzene rings is 1. The number of aliphatic hydroxyl groups is 1. The number of sulfone groups is 1. The van der Waals surface area contributed by atoms with Gasteiger partial charge in [-0.25, -0.2) is 23.4 Å². The average molecular weight is 549 g/mol. The van der Waals surface area contributed by atoms with Gasteiger partial charge in [-0.05, 0) is 48.4 Å². The number of rotatable bonds is 9. The normalized spacial score (nSPS) is 18.1. The zero-order chi connectivity index (χ0) is 27.7. The van der Waals surface area contributed by atoms with E-state index in [9.17, 15) is 18.3 Å². The van der Waals surface area contributed by atoms with Crippen LogP contribution in [0, 0.1) is 5.92 Å². The molecular formula is C28H32N6O4S. The van der Waals surface area contributed by atoms with E-state index in [4.69, 9.17) is 0 Å². The van der Waals surface area contributed by atoms with Gasteiger partial charge in [-0.2, -0.15) is 0 Å². The summed E-state index contributed by atoms with van der Waals surface area (Å²) in [6.07, 6.45) is 8.45. The van der Waals surface area contributed by atoms with Crippen molar-refractivity contribution in [2.45, 2.75) is 32.2 Å². The molecule has 1 fully saturated rings. The largest absolute Gasteiger partial charge is 0.396 e. The van der Waals surface area contributed by atoms with Crippen molar-refractivity contribution in [3.8, 4) is 11.4 Å². The third-order valence-corrected chi connectivity index (χ3v) is 8.45. The van der Waals surface area contributed by atoms with Gasteiger partial charge >= 0.3 is 0 Å². The fourth-order valence-electron chi connectivity index (χ4n) is 5.21. The number of aliphatic hydroxyl groups excluding tert-OH is 1. The lowest BCUT2D eigenvalue weighted by atomic mass is 9.88. The highest BCUT2D eigenvalue weighted by Gasteiger charge is 2.38. The van der Waals surface area contributed by atoms with Crippen LogP contribution in [-0.2, 0) is 9.84 Å². The van der Waals surface area contributed by atoms with Crippen LogP contribution in [0.4, 0.5) is 17.3 Å². The number of hydrogen-bond donors (Lipinski definition) is 3. The van der Waals surface area contributed by atoms with E-state index in [1.807, 2.05) is 12.3 Å². The van der Waals surface area contributed by atoms with Gasteiger partial charge < -0.3 is 20.3 Å². The Labute approximate surface area is 227 Å². The van der Waals surface area contributed by atoms with Crippen molar-refractivity contribution in [2.24, 2.45) is 5.92 Å². The van der Waals surface area contributed by atoms with Gasteiger partial charge in [-0.15, -0.1) is 0 Å². The summed E-state index contributed by atoms with van der Waals surface area (Å²) in [6, 6.07) is 9.35. The van der Waals surface area contributed by atoms with Crippen LogP contribution in [0.3, 0.4) is 0 Å². The Hall–Kier alpha value is -3.83. The Morgan fingerprint density at radius 3 is 2.72 bits per heavy atom. The molecule has 3 N–H and O–H groups in total. The molecule has 0 aliphatic carbocycles. The minimum Gasteiger partial charge on any atom is -0.396 e. The van der Waals surface area contributed by atoms with Crippen LogP contribution < -0.4 is 15.6 Å². The molecule has 1 aromatic carbocycles. The van der Waals surface area contributed by atoms with Gasteiger partial charge in [0, 0.05) is 73.3 Å². The van der Waals surface area contributed by atoms with Crippen LogP contribution >= 0.6 is 0 Å². The predicted octanol–water partition coefficient (Wildman–Crippen LogP) is 3.48. The monoisotopic (exact) mass is 548 g/mol. The van der Waals surface area contributed by atoms with Gasteiger partial charge in [0.15, 0.2) is 11.3 Å². The first-order chi connectivity index (χ1) is 18.6. The lowest BCUT2D eigenvalue weighted by molar-refractivity contribution is 0.279. The highest BCUT2D eigenvalue weighted by molar-refractivity contribution is 7.90. The third kappa shape index (κ3) is 5.64. The molecule has 4 aromatic rings. The second kappa shape index (κ2) is 10.7. The molecule has 1 aliphatic heterocycles. The Kier molecular flexibility index (Phi) is 7.37. The highest BCUT2D eigenvalue weighted by atomic mass is 32.2. The molecule has 204 valence electrons. The summed E-state index contributed by atoms with van der Waals surface area (Å²) in [4.78, 5) is 30.8. The van der Waals surface area contributed by atoms with Crippen LogP contribution in [0.1, 0.15) is 31.7 Å². The maximum absolute atomic E-state index is 12.2. The standard InChI is InChI=1S/C28H32N6O4S/c1-17(8-11-35)20-4-5-24(34-15-19(18(34)2)16-39(3,37)38)22-14-31-27(12-21(20)22)32-26-7-10-30-28(33-26)23-13-29-9-6-25(23)36/h4-7,9-10,12-14,17-19,35H,8,11,15-16H2,1-3H3,(H,29,36)(H,30,31,32,33)/t17?,18-,19-/m1/s1. The molecule has 0 spiro atoms. The summed E-state index contributed by atoms with van der Waals surface area (Å²) in [5.41, 5.74) is 2.29. The number of nitrogens with zero attached hydrogens (tertiary/aromatic N) is 4. The number of hydrogen-bond acceptors (Lipinski definition) is 9. The van der Waals surface area contributed by atoms with Crippen LogP contribution in [0.2, 0.25) is 0 Å². The summed E-state index contributed by atoms with van der Waals surface area (Å²) in [6.45, 7) is 4.89. The Morgan fingerprint density at radius 2 is 2.00 bits per heavy atom. The first-order valence-corrected chi connectivity index (χ1v) is 15.0. The van der Waals surface area contributed by atoms with Crippen molar-refractivity contribution in [3.05, 3.63) is 70.9 Å². The molecule has 3 aromatic heterocycles. The highest BCUT2D eigenvalue weighted by Crippen LogP contribution is 2.40. The van der Waals surface area contributed by atoms with Crippen molar-refractivity contribution >= 4 is 37.9 Å². The zero-order valence-corrected chi connectivity index (χ0v) is 22.9. The quantitative estimate of drug-likeness (QED) is 0.287. The van der Waals surface area contributed by atoms with E-state index in [0.29, 0.717) is 36.0 Å². The number of nitrogens with one attached hydrogen (secondary N) is 2. The van der Waals surface area contributed by atoms with Crippen LogP contribution in [0.25, 0.3) is 22.2 Å². The van der Waals surface area contributed by atoms with Crippen molar-refractivity contribution in [3.63, 3.8) is 0 Å². The van der Waals surface area contributed by atoms with Gasteiger partial charge in [0.05, 0.1) is 11.3 Å². The molecule has 0 amide bonds. The van der Waals surface area contributed by atoms with E-state index in [1.165, 1.54) is 12.3 Å². The second-order valence-electron chi connectivity index (χ2n) is 10.3. The van der Waals surface area contributed by atoms with Gasteiger partial charge in [0.1, 0.15) is 21.5 Å². The molecule has 0 bridgehead atoms. The Bertz CT molecular complexity index is 1670. The lowest BCUT2D eigenvalue weighted by Gasteiger charge is -2.48. The van der Waals surface area contributed by atoms with E-state index >= 15 is 0 Å². The molecule has 0 saturated carbocycles. The lowest BCUT2D eigenvalue weighted by Crippen LogP contribution is -2.57. The third-order valence-electron chi connectivity index (χ3n) is 7.41. The van der Waals surface area contributed by atoms with Gasteiger partial charge in [-0.3, -0.25) is 4.79 Å². The fourth-order valence-corrected chi connectivity index (χ4v) is 6.37. The summed E-state index contributed by atoms with van der Waals surface area (Å²) in [5.74, 6) is 1.75. The van der Waals surface area contributed by atoms with Gasteiger partial charge in [-0.1, -0.05) is 13.0 Å². The minimum atomic E-state index is -3.05. The molecular weight excluding hydrogens is 516 g/mol. The van der Waals surface area contributed by atoms with Gasteiger partial charge in [0.2, 0.25) is 0 Å². The minimum absolute atomic E-state index is 0.0826. The summed E-state index contributed by atoms with van der Waals surface area (Å²) < 4.78 is 23.7. The van der Waals surface area contributed by atoms with E-state index in [-0.39, 0.29) is 35.7 Å². The van der Waals surface area contributed by atoms with Crippen molar-refractivity contribution in [2.75, 3.05) is 35.4 Å². The fraction of sp³-hybridized carbons (Fsp3) is 0.357. The first-order valence-electron chi connectivity index (χ1n) is 12.9. The Balaban J connectivity index is 1.50. The second-order valence-corrected chi connectivity index (χ2v) is 12.4. The molecule has 11 heteroatoms. The summed E-state index contributed by atoms with van der Waals surface area (Å²) in [7, 11) is -3.05. The maximum Gasteiger partial charge on any atom is 0.192 e. The van der Waals surface area contributed by atoms with Crippen LogP contribution in [0.15, 0.2) is 59.9 Å². The van der Waals surface area contributed by atoms with Crippen LogP contribution in [0.5, 0.6) is 0 Å². The molecule has 10 nitrogen and oxygen atoms in total. The summed E-state index contributed by atoms with van der Waals surface area (Å²) >= 11 is 0. The number of aromatic amines is 1. The van der Waals surface area contributed by atoms with Crippen molar-refractivity contribution in [1.82, 2.24) is 19.9 Å². The molecule has 0 radical (unpaired) electrons. The molecule has 1 saturated heterocycles. The van der Waals surface area contributed by atoms with E-state index in [0.717, 1.165) is 22.0 Å². The van der Waals surface area contributed by atoms with Crippen LogP contribution in [-0.4, -0.2) is 64.7 Å². The molecule has 4 heterocycles. The smallest absolute Gasteiger partial charge is 0.192 e. The SMILES string of the molecule is CC(CCO)c1ccc(N2C[C@H](CS(C)(=O)=O)[C@H]2C)c2cnc(Nc3ccnc(-c4c[nH]ccc4=O)n3)cc12. The number of fused-ring (bicyclic) bond motifs is 1. The number of H-pyrrole nitrogens is 1. The number of anilines is 3. The topological polar surface area (TPSA) is 141 Å². The number of pyridine rings is 2. The molecule has 1 aliphatic rings. The molecule has 1 unspecified atom stereocenters. The predicted molar refractivity (Wildman–Crippen MR) is 153 cm³/mol. The van der Waals surface area contributed by atoms with Crippen molar-refractivity contribution in [1.29, 1.82) is 0 Å². The van der Waals surface area contributed by atoms with E-state index < -0.39 is 9.84 Å². The molecule has 3 atom stereocenters. The maximum atomic E-state index is 12.2. The molecule has 5 rings (SSSR count). The van der Waals surface area contributed by atoms with Gasteiger partial charge in [0.25, 0.3) is 0 Å². The van der Waals surface area contributed by atoms with Crippen molar-refractivity contribution < 1.29 is 13.5 Å². The number of aromatic nitrogens is 4. The first kappa shape index (κ1) is 26.8. The van der Waals surface area contributed by atoms with E-state index in [1.54, 1.807) is 24.7 Å². The summed E-state index contributed by atoms with van der Waals surface area (Å²) in [5, 5.41) is 14.8. The zero-order valence-electron chi connectivity index (χ0n) is 22.1. The van der Waals surface area contributed by atoms with E-state index in [2.05, 4.69) is 56.1 Å². The Morgan fingerprint density at radius 1 is 1.18 bits per heavy atom.